The Hall–Kier alpha value is -4.40. The van der Waals surface area contributed by atoms with Crippen LogP contribution in [0.3, 0.4) is 0 Å². The maximum absolute atomic E-state index is 12.8. The number of rotatable bonds is 6. The van der Waals surface area contributed by atoms with E-state index in [2.05, 4.69) is 20.4 Å². The van der Waals surface area contributed by atoms with Gasteiger partial charge in [-0.15, -0.1) is 0 Å². The van der Waals surface area contributed by atoms with Gasteiger partial charge in [-0.2, -0.15) is 0 Å². The van der Waals surface area contributed by atoms with E-state index in [9.17, 15) is 4.79 Å². The molecule has 0 bridgehead atoms. The average molecular weight is 430 g/mol. The molecular formula is C23H22N6O3. The van der Waals surface area contributed by atoms with Gasteiger partial charge in [0.05, 0.1) is 11.7 Å². The van der Waals surface area contributed by atoms with E-state index in [1.807, 2.05) is 55.5 Å². The largest absolute Gasteiger partial charge is 0.438 e. The van der Waals surface area contributed by atoms with Crippen LogP contribution in [-0.4, -0.2) is 33.9 Å². The number of benzene rings is 2. The fourth-order valence-electron chi connectivity index (χ4n) is 3.33. The van der Waals surface area contributed by atoms with Crippen LogP contribution in [0, 0.1) is 6.92 Å². The number of carbonyl (C=O) groups excluding carboxylic acids is 1. The van der Waals surface area contributed by atoms with E-state index in [1.165, 1.54) is 19.7 Å². The molecule has 0 fully saturated rings. The molecule has 0 aliphatic rings. The summed E-state index contributed by atoms with van der Waals surface area (Å²) >= 11 is 0. The number of anilines is 1. The molecule has 162 valence electrons. The highest BCUT2D eigenvalue weighted by Gasteiger charge is 2.15. The van der Waals surface area contributed by atoms with Gasteiger partial charge in [0.15, 0.2) is 0 Å². The van der Waals surface area contributed by atoms with Crippen LogP contribution in [0.5, 0.6) is 11.6 Å². The number of aromatic nitrogens is 3. The number of amides is 1. The van der Waals surface area contributed by atoms with Crippen LogP contribution in [0.2, 0.25) is 0 Å². The van der Waals surface area contributed by atoms with Gasteiger partial charge in [0, 0.05) is 17.6 Å². The molecule has 1 amide bonds. The molecule has 2 heterocycles. The zero-order chi connectivity index (χ0) is 22.5. The minimum atomic E-state index is -0.198. The molecule has 0 unspecified atom stereocenters. The third kappa shape index (κ3) is 4.36. The van der Waals surface area contributed by atoms with Crippen molar-refractivity contribution >= 4 is 29.0 Å². The zero-order valence-corrected chi connectivity index (χ0v) is 17.6. The Morgan fingerprint density at radius 1 is 1.19 bits per heavy atom. The third-order valence-corrected chi connectivity index (χ3v) is 4.83. The first-order chi connectivity index (χ1) is 15.6. The molecule has 0 radical (unpaired) electrons. The van der Waals surface area contributed by atoms with Crippen molar-refractivity contribution in [3.63, 3.8) is 0 Å². The highest BCUT2D eigenvalue weighted by Crippen LogP contribution is 2.29. The van der Waals surface area contributed by atoms with E-state index in [0.717, 1.165) is 22.2 Å². The van der Waals surface area contributed by atoms with Crippen molar-refractivity contribution < 1.29 is 14.4 Å². The Kier molecular flexibility index (Phi) is 5.98. The number of ether oxygens (including phenoxy) is 1. The molecule has 0 atom stereocenters. The van der Waals surface area contributed by atoms with E-state index in [-0.39, 0.29) is 17.7 Å². The first-order valence-electron chi connectivity index (χ1n) is 9.86. The quantitative estimate of drug-likeness (QED) is 0.354. The monoisotopic (exact) mass is 430 g/mol. The minimum Gasteiger partial charge on any atom is -0.438 e. The molecule has 0 aliphatic heterocycles. The Labute approximate surface area is 184 Å². The van der Waals surface area contributed by atoms with Crippen LogP contribution in [-0.2, 0) is 11.4 Å². The molecule has 32 heavy (non-hydrogen) atoms. The predicted molar refractivity (Wildman–Crippen MR) is 122 cm³/mol. The summed E-state index contributed by atoms with van der Waals surface area (Å²) in [7, 11) is 1.42. The second-order valence-corrected chi connectivity index (χ2v) is 6.98. The lowest BCUT2D eigenvalue weighted by Gasteiger charge is -2.10. The maximum Gasteiger partial charge on any atom is 0.326 e. The number of carbonyl (C=O) groups is 1. The van der Waals surface area contributed by atoms with Crippen molar-refractivity contribution in [3.05, 3.63) is 77.7 Å². The van der Waals surface area contributed by atoms with Crippen molar-refractivity contribution in [2.24, 2.45) is 5.16 Å². The van der Waals surface area contributed by atoms with E-state index in [0.29, 0.717) is 17.9 Å². The summed E-state index contributed by atoms with van der Waals surface area (Å²) in [6.45, 7) is 2.33. The number of nitrogen functional groups attached to an aromatic ring is 1. The predicted octanol–water partition coefficient (Wildman–Crippen LogP) is 3.85. The SMILES string of the molecule is CO/N=C/c1c(N)ncnc1Oc1ccc2c(c1)cc(C)n2C(=O)NCc1ccccc1. The number of nitrogens with two attached hydrogens (primary N) is 1. The first-order valence-corrected chi connectivity index (χ1v) is 9.86. The second-order valence-electron chi connectivity index (χ2n) is 6.98. The summed E-state index contributed by atoms with van der Waals surface area (Å²) in [5, 5.41) is 7.52. The molecule has 9 heteroatoms. The van der Waals surface area contributed by atoms with Gasteiger partial charge in [0.25, 0.3) is 0 Å². The van der Waals surface area contributed by atoms with Gasteiger partial charge in [0.2, 0.25) is 5.88 Å². The van der Waals surface area contributed by atoms with Crippen LogP contribution >= 0.6 is 0 Å². The average Bonchev–Trinajstić information content (AvgIpc) is 3.13. The molecule has 4 aromatic rings. The van der Waals surface area contributed by atoms with Gasteiger partial charge in [-0.05, 0) is 36.8 Å². The summed E-state index contributed by atoms with van der Waals surface area (Å²) in [6.07, 6.45) is 2.70. The summed E-state index contributed by atoms with van der Waals surface area (Å²) < 4.78 is 7.56. The number of fused-ring (bicyclic) bond motifs is 1. The summed E-state index contributed by atoms with van der Waals surface area (Å²) in [5.74, 6) is 0.993. The van der Waals surface area contributed by atoms with Gasteiger partial charge < -0.3 is 20.6 Å². The lowest BCUT2D eigenvalue weighted by Crippen LogP contribution is -2.28. The molecule has 2 aromatic heterocycles. The number of hydrogen-bond donors (Lipinski definition) is 2. The maximum atomic E-state index is 12.8. The molecule has 4 rings (SSSR count). The van der Waals surface area contributed by atoms with Crippen molar-refractivity contribution in [2.75, 3.05) is 12.8 Å². The molecule has 0 saturated carbocycles. The Morgan fingerprint density at radius 3 is 2.78 bits per heavy atom. The fourth-order valence-corrected chi connectivity index (χ4v) is 3.33. The molecular weight excluding hydrogens is 408 g/mol. The Balaban J connectivity index is 1.58. The van der Waals surface area contributed by atoms with E-state index in [1.54, 1.807) is 10.6 Å². The van der Waals surface area contributed by atoms with Crippen LogP contribution in [0.4, 0.5) is 10.6 Å². The van der Waals surface area contributed by atoms with Crippen LogP contribution < -0.4 is 15.8 Å². The van der Waals surface area contributed by atoms with Crippen LogP contribution in [0.15, 0.2) is 66.1 Å². The summed E-state index contributed by atoms with van der Waals surface area (Å²) in [5.41, 5.74) is 8.92. The Bertz CT molecular complexity index is 1280. The minimum absolute atomic E-state index is 0.198. The lowest BCUT2D eigenvalue weighted by atomic mass is 10.2. The smallest absolute Gasteiger partial charge is 0.326 e. The summed E-state index contributed by atoms with van der Waals surface area (Å²) in [6, 6.07) is 16.9. The molecule has 9 nitrogen and oxygen atoms in total. The standard InChI is InChI=1S/C23H22N6O3/c1-15-10-17-11-18(32-22-19(13-28-31-2)21(24)26-14-27-22)8-9-20(17)29(15)23(30)25-12-16-6-4-3-5-7-16/h3-11,13-14H,12H2,1-2H3,(H,25,30)(H2,24,26,27)/b28-13+. The van der Waals surface area contributed by atoms with Gasteiger partial charge in [0.1, 0.15) is 30.6 Å². The molecule has 2 aromatic carbocycles. The fraction of sp³-hybridized carbons (Fsp3) is 0.130. The van der Waals surface area contributed by atoms with Crippen LogP contribution in [0.25, 0.3) is 10.9 Å². The Morgan fingerprint density at radius 2 is 2.00 bits per heavy atom. The first kappa shape index (κ1) is 20.9. The molecule has 3 N–H and O–H groups in total. The second kappa shape index (κ2) is 9.17. The number of aryl methyl sites for hydroxylation is 1. The van der Waals surface area contributed by atoms with Crippen molar-refractivity contribution in [3.8, 4) is 11.6 Å². The lowest BCUT2D eigenvalue weighted by molar-refractivity contribution is 0.215. The van der Waals surface area contributed by atoms with Crippen LogP contribution in [0.1, 0.15) is 16.8 Å². The zero-order valence-electron chi connectivity index (χ0n) is 17.6. The third-order valence-electron chi connectivity index (χ3n) is 4.83. The highest BCUT2D eigenvalue weighted by atomic mass is 16.6. The molecule has 0 aliphatic carbocycles. The van der Waals surface area contributed by atoms with Crippen molar-refractivity contribution in [2.45, 2.75) is 13.5 Å². The van der Waals surface area contributed by atoms with E-state index >= 15 is 0 Å². The van der Waals surface area contributed by atoms with Gasteiger partial charge >= 0.3 is 6.03 Å². The van der Waals surface area contributed by atoms with Gasteiger partial charge in [-0.1, -0.05) is 35.5 Å². The highest BCUT2D eigenvalue weighted by molar-refractivity contribution is 5.93. The van der Waals surface area contributed by atoms with Crippen molar-refractivity contribution in [1.82, 2.24) is 19.9 Å². The summed E-state index contributed by atoms with van der Waals surface area (Å²) in [4.78, 5) is 25.6. The van der Waals surface area contributed by atoms with Crippen molar-refractivity contribution in [1.29, 1.82) is 0 Å². The molecule has 0 spiro atoms. The van der Waals surface area contributed by atoms with Gasteiger partial charge in [-0.25, -0.2) is 14.8 Å². The number of nitrogens with zero attached hydrogens (tertiary/aromatic N) is 4. The van der Waals surface area contributed by atoms with E-state index < -0.39 is 0 Å². The van der Waals surface area contributed by atoms with Gasteiger partial charge in [-0.3, -0.25) is 4.57 Å². The number of oxime groups is 1. The topological polar surface area (TPSA) is 117 Å². The number of nitrogens with one attached hydrogen (secondary N) is 1. The molecule has 0 saturated heterocycles. The normalized spacial score (nSPS) is 11.1. The van der Waals surface area contributed by atoms with E-state index in [4.69, 9.17) is 15.3 Å². The number of hydrogen-bond acceptors (Lipinski definition) is 7.